The average Bonchev–Trinajstić information content (AvgIpc) is 2.28. The van der Waals surface area contributed by atoms with Gasteiger partial charge in [0.2, 0.25) is 0 Å². The summed E-state index contributed by atoms with van der Waals surface area (Å²) in [7, 11) is 0. The molecule has 0 amide bonds. The standard InChI is InChI=1S/C15H23BrClNO/c1-5-6-12(10-18-15(2,3)4)19-14-8-7-11(17)9-13(14)16/h7-9,12,18H,5-6,10H2,1-4H3. The van der Waals surface area contributed by atoms with E-state index < -0.39 is 0 Å². The fraction of sp³-hybridized carbons (Fsp3) is 0.600. The molecule has 0 radical (unpaired) electrons. The van der Waals surface area contributed by atoms with Crippen molar-refractivity contribution in [1.82, 2.24) is 5.32 Å². The van der Waals surface area contributed by atoms with Gasteiger partial charge in [-0.05, 0) is 61.3 Å². The summed E-state index contributed by atoms with van der Waals surface area (Å²) in [6, 6.07) is 5.62. The maximum absolute atomic E-state index is 6.07. The van der Waals surface area contributed by atoms with Gasteiger partial charge in [0.05, 0.1) is 4.47 Å². The number of hydrogen-bond acceptors (Lipinski definition) is 2. The quantitative estimate of drug-likeness (QED) is 0.777. The van der Waals surface area contributed by atoms with Crippen LogP contribution in [0.5, 0.6) is 5.75 Å². The molecule has 0 spiro atoms. The number of rotatable bonds is 6. The molecule has 1 unspecified atom stereocenters. The molecular weight excluding hydrogens is 326 g/mol. The number of ether oxygens (including phenoxy) is 1. The summed E-state index contributed by atoms with van der Waals surface area (Å²) in [5.41, 5.74) is 0.104. The smallest absolute Gasteiger partial charge is 0.134 e. The summed E-state index contributed by atoms with van der Waals surface area (Å²) in [4.78, 5) is 0. The van der Waals surface area contributed by atoms with Crippen LogP contribution in [-0.2, 0) is 0 Å². The lowest BCUT2D eigenvalue weighted by molar-refractivity contribution is 0.174. The van der Waals surface area contributed by atoms with Crippen LogP contribution in [0.3, 0.4) is 0 Å². The lowest BCUT2D eigenvalue weighted by Crippen LogP contribution is -2.42. The molecule has 108 valence electrons. The van der Waals surface area contributed by atoms with Crippen molar-refractivity contribution in [2.75, 3.05) is 6.54 Å². The molecule has 0 heterocycles. The van der Waals surface area contributed by atoms with Crippen molar-refractivity contribution in [1.29, 1.82) is 0 Å². The summed E-state index contributed by atoms with van der Waals surface area (Å²) in [5.74, 6) is 0.846. The lowest BCUT2D eigenvalue weighted by atomic mass is 10.1. The van der Waals surface area contributed by atoms with Gasteiger partial charge in [0, 0.05) is 17.1 Å². The lowest BCUT2D eigenvalue weighted by Gasteiger charge is -2.26. The van der Waals surface area contributed by atoms with Gasteiger partial charge >= 0.3 is 0 Å². The van der Waals surface area contributed by atoms with Crippen LogP contribution in [0.25, 0.3) is 0 Å². The topological polar surface area (TPSA) is 21.3 Å². The van der Waals surface area contributed by atoms with Gasteiger partial charge in [-0.15, -0.1) is 0 Å². The average molecular weight is 349 g/mol. The summed E-state index contributed by atoms with van der Waals surface area (Å²) < 4.78 is 6.97. The van der Waals surface area contributed by atoms with E-state index in [1.807, 2.05) is 18.2 Å². The molecule has 0 fully saturated rings. The van der Waals surface area contributed by atoms with Crippen molar-refractivity contribution >= 4 is 27.5 Å². The van der Waals surface area contributed by atoms with Gasteiger partial charge in [-0.25, -0.2) is 0 Å². The predicted octanol–water partition coefficient (Wildman–Crippen LogP) is 5.04. The molecule has 2 nitrogen and oxygen atoms in total. The Labute approximate surface area is 130 Å². The van der Waals surface area contributed by atoms with Crippen LogP contribution in [0.4, 0.5) is 0 Å². The van der Waals surface area contributed by atoms with Crippen molar-refractivity contribution < 1.29 is 4.74 Å². The molecule has 1 aromatic carbocycles. The second-order valence-corrected chi connectivity index (χ2v) is 7.02. The van der Waals surface area contributed by atoms with E-state index in [0.29, 0.717) is 5.02 Å². The van der Waals surface area contributed by atoms with Crippen molar-refractivity contribution in [2.24, 2.45) is 0 Å². The van der Waals surface area contributed by atoms with Crippen LogP contribution in [-0.4, -0.2) is 18.2 Å². The molecule has 0 saturated carbocycles. The zero-order valence-electron chi connectivity index (χ0n) is 12.1. The molecule has 1 aromatic rings. The highest BCUT2D eigenvalue weighted by Crippen LogP contribution is 2.29. The van der Waals surface area contributed by atoms with Gasteiger partial charge in [0.15, 0.2) is 0 Å². The summed E-state index contributed by atoms with van der Waals surface area (Å²) in [6.45, 7) is 9.49. The van der Waals surface area contributed by atoms with Gasteiger partial charge in [0.1, 0.15) is 11.9 Å². The molecule has 4 heteroatoms. The summed E-state index contributed by atoms with van der Waals surface area (Å²) >= 11 is 9.43. The largest absolute Gasteiger partial charge is 0.488 e. The zero-order valence-corrected chi connectivity index (χ0v) is 14.4. The maximum Gasteiger partial charge on any atom is 0.134 e. The Morgan fingerprint density at radius 3 is 2.58 bits per heavy atom. The first-order valence-electron chi connectivity index (χ1n) is 6.68. The highest BCUT2D eigenvalue weighted by atomic mass is 79.9. The number of nitrogens with one attached hydrogen (secondary N) is 1. The number of benzene rings is 1. The molecule has 1 atom stereocenters. The minimum absolute atomic E-state index is 0.104. The highest BCUT2D eigenvalue weighted by Gasteiger charge is 2.16. The van der Waals surface area contributed by atoms with E-state index in [9.17, 15) is 0 Å². The zero-order chi connectivity index (χ0) is 14.5. The van der Waals surface area contributed by atoms with Gasteiger partial charge in [-0.1, -0.05) is 24.9 Å². The SMILES string of the molecule is CCCC(CNC(C)(C)C)Oc1ccc(Cl)cc1Br. The van der Waals surface area contributed by atoms with Gasteiger partial charge in [-0.2, -0.15) is 0 Å². The Bertz CT molecular complexity index is 404. The summed E-state index contributed by atoms with van der Waals surface area (Å²) in [5, 5.41) is 4.20. The summed E-state index contributed by atoms with van der Waals surface area (Å²) in [6.07, 6.45) is 2.29. The molecule has 0 aromatic heterocycles. The number of hydrogen-bond donors (Lipinski definition) is 1. The second kappa shape index (κ2) is 7.51. The second-order valence-electron chi connectivity index (χ2n) is 5.73. The Morgan fingerprint density at radius 1 is 1.37 bits per heavy atom. The first-order valence-corrected chi connectivity index (χ1v) is 7.85. The molecular formula is C15H23BrClNO. The van der Waals surface area contributed by atoms with Crippen molar-refractivity contribution in [3.8, 4) is 5.75 Å². The van der Waals surface area contributed by atoms with Crippen LogP contribution in [0.1, 0.15) is 40.5 Å². The highest BCUT2D eigenvalue weighted by molar-refractivity contribution is 9.10. The van der Waals surface area contributed by atoms with Crippen LogP contribution in [0.2, 0.25) is 5.02 Å². The molecule has 19 heavy (non-hydrogen) atoms. The first-order chi connectivity index (χ1) is 8.81. The van der Waals surface area contributed by atoms with E-state index >= 15 is 0 Å². The van der Waals surface area contributed by atoms with E-state index in [1.54, 1.807) is 0 Å². The van der Waals surface area contributed by atoms with Gasteiger partial charge in [0.25, 0.3) is 0 Å². The van der Waals surface area contributed by atoms with E-state index in [2.05, 4.69) is 48.9 Å². The van der Waals surface area contributed by atoms with Crippen LogP contribution >= 0.6 is 27.5 Å². The molecule has 0 saturated heterocycles. The van der Waals surface area contributed by atoms with E-state index in [1.165, 1.54) is 0 Å². The van der Waals surface area contributed by atoms with Crippen molar-refractivity contribution in [2.45, 2.75) is 52.2 Å². The van der Waals surface area contributed by atoms with E-state index in [0.717, 1.165) is 29.6 Å². The van der Waals surface area contributed by atoms with Crippen LogP contribution in [0.15, 0.2) is 22.7 Å². The van der Waals surface area contributed by atoms with Crippen molar-refractivity contribution in [3.63, 3.8) is 0 Å². The number of halogens is 2. The third-order valence-corrected chi connectivity index (χ3v) is 3.51. The van der Waals surface area contributed by atoms with Crippen LogP contribution in [0, 0.1) is 0 Å². The maximum atomic E-state index is 6.07. The Morgan fingerprint density at radius 2 is 2.05 bits per heavy atom. The van der Waals surface area contributed by atoms with Crippen LogP contribution < -0.4 is 10.1 Å². The molecule has 0 aliphatic rings. The minimum Gasteiger partial charge on any atom is -0.488 e. The monoisotopic (exact) mass is 347 g/mol. The molecule has 0 aliphatic carbocycles. The van der Waals surface area contributed by atoms with Gasteiger partial charge < -0.3 is 10.1 Å². The third kappa shape index (κ3) is 6.64. The Balaban J connectivity index is 2.67. The van der Waals surface area contributed by atoms with Crippen molar-refractivity contribution in [3.05, 3.63) is 27.7 Å². The first kappa shape index (κ1) is 16.8. The van der Waals surface area contributed by atoms with E-state index in [-0.39, 0.29) is 11.6 Å². The fourth-order valence-electron chi connectivity index (χ4n) is 1.69. The molecule has 1 N–H and O–H groups in total. The molecule has 1 rings (SSSR count). The minimum atomic E-state index is 0.104. The fourth-order valence-corrected chi connectivity index (χ4v) is 2.47. The van der Waals surface area contributed by atoms with Gasteiger partial charge in [-0.3, -0.25) is 0 Å². The molecule has 0 bridgehead atoms. The Hall–Kier alpha value is -0.250. The normalized spacial score (nSPS) is 13.4. The predicted molar refractivity (Wildman–Crippen MR) is 86.2 cm³/mol. The molecule has 0 aliphatic heterocycles. The van der Waals surface area contributed by atoms with E-state index in [4.69, 9.17) is 16.3 Å². The third-order valence-electron chi connectivity index (χ3n) is 2.66. The Kier molecular flexibility index (Phi) is 6.64.